The van der Waals surface area contributed by atoms with Crippen LogP contribution in [0, 0.1) is 12.3 Å². The summed E-state index contributed by atoms with van der Waals surface area (Å²) >= 11 is 1.65. The summed E-state index contributed by atoms with van der Waals surface area (Å²) in [6.45, 7) is 6.35. The third kappa shape index (κ3) is 5.85. The van der Waals surface area contributed by atoms with Crippen LogP contribution in [0.1, 0.15) is 35.5 Å². The Bertz CT molecular complexity index is 960. The van der Waals surface area contributed by atoms with Gasteiger partial charge in [0.25, 0.3) is 0 Å². The predicted octanol–water partition coefficient (Wildman–Crippen LogP) is 2.83. The fourth-order valence-electron chi connectivity index (χ4n) is 4.27. The van der Waals surface area contributed by atoms with Crippen LogP contribution in [0.5, 0.6) is 0 Å². The number of thiazole rings is 1. The van der Waals surface area contributed by atoms with Gasteiger partial charge in [0.1, 0.15) is 0 Å². The molecule has 2 fully saturated rings. The van der Waals surface area contributed by atoms with Gasteiger partial charge in [0.15, 0.2) is 0 Å². The molecule has 0 aromatic carbocycles. The number of nitrogens with zero attached hydrogens (tertiary/aromatic N) is 5. The number of amides is 1. The van der Waals surface area contributed by atoms with Crippen molar-refractivity contribution < 1.29 is 27.9 Å². The van der Waals surface area contributed by atoms with Crippen molar-refractivity contribution in [1.29, 1.82) is 0 Å². The van der Waals surface area contributed by atoms with Crippen molar-refractivity contribution in [2.45, 2.75) is 45.5 Å². The van der Waals surface area contributed by atoms with Crippen molar-refractivity contribution >= 4 is 23.2 Å². The van der Waals surface area contributed by atoms with E-state index in [1.165, 1.54) is 5.56 Å². The molecule has 2 aliphatic rings. The van der Waals surface area contributed by atoms with Crippen LogP contribution in [-0.4, -0.2) is 67.4 Å². The first kappa shape index (κ1) is 24.2. The van der Waals surface area contributed by atoms with Crippen LogP contribution >= 0.6 is 11.3 Å². The number of aryl methyl sites for hydroxylation is 2. The fourth-order valence-corrected chi connectivity index (χ4v) is 4.88. The highest BCUT2D eigenvalue weighted by Gasteiger charge is 2.48. The molecule has 1 N–H and O–H groups in total. The van der Waals surface area contributed by atoms with E-state index in [9.17, 15) is 18.0 Å². The van der Waals surface area contributed by atoms with Crippen molar-refractivity contribution in [3.63, 3.8) is 0 Å². The van der Waals surface area contributed by atoms with Gasteiger partial charge in [-0.3, -0.25) is 14.4 Å². The van der Waals surface area contributed by atoms with Crippen molar-refractivity contribution in [3.05, 3.63) is 34.0 Å². The van der Waals surface area contributed by atoms with E-state index < -0.39 is 12.1 Å². The van der Waals surface area contributed by atoms with E-state index in [2.05, 4.69) is 26.6 Å². The first-order valence-electron chi connectivity index (χ1n) is 10.2. The van der Waals surface area contributed by atoms with E-state index in [-0.39, 0.29) is 5.41 Å². The normalized spacial score (nSPS) is 21.7. The van der Waals surface area contributed by atoms with Crippen molar-refractivity contribution in [2.24, 2.45) is 12.5 Å². The molecular weight excluding hydrogens is 447 g/mol. The smallest absolute Gasteiger partial charge is 0.475 e. The summed E-state index contributed by atoms with van der Waals surface area (Å²) < 4.78 is 33.6. The number of halogens is 3. The number of aliphatic carboxylic acids is 1. The predicted molar refractivity (Wildman–Crippen MR) is 111 cm³/mol. The van der Waals surface area contributed by atoms with E-state index in [0.29, 0.717) is 12.5 Å². The van der Waals surface area contributed by atoms with Gasteiger partial charge in [0, 0.05) is 43.8 Å². The molecule has 32 heavy (non-hydrogen) atoms. The first-order chi connectivity index (χ1) is 15.0. The highest BCUT2D eigenvalue weighted by atomic mass is 32.1. The number of alkyl halides is 3. The molecular formula is C20H26F3N5O3S. The van der Waals surface area contributed by atoms with Crippen LogP contribution < -0.4 is 0 Å². The van der Waals surface area contributed by atoms with Gasteiger partial charge in [0.05, 0.1) is 28.9 Å². The Labute approximate surface area is 187 Å². The van der Waals surface area contributed by atoms with Crippen LogP contribution in [0.15, 0.2) is 17.8 Å². The van der Waals surface area contributed by atoms with Crippen LogP contribution in [0.25, 0.3) is 0 Å². The second kappa shape index (κ2) is 9.57. The first-order valence-corrected chi connectivity index (χ1v) is 11.1. The van der Waals surface area contributed by atoms with Crippen LogP contribution in [-0.2, 0) is 29.7 Å². The molecule has 176 valence electrons. The van der Waals surface area contributed by atoms with Gasteiger partial charge < -0.3 is 10.0 Å². The molecule has 0 bridgehead atoms. The zero-order valence-electron chi connectivity index (χ0n) is 17.9. The van der Waals surface area contributed by atoms with Crippen molar-refractivity contribution in [2.75, 3.05) is 19.6 Å². The Balaban J connectivity index is 0.000000360. The van der Waals surface area contributed by atoms with Crippen molar-refractivity contribution in [1.82, 2.24) is 24.6 Å². The largest absolute Gasteiger partial charge is 0.490 e. The Kier molecular flexibility index (Phi) is 7.23. The molecule has 2 aromatic rings. The van der Waals surface area contributed by atoms with Crippen LogP contribution in [0.3, 0.4) is 0 Å². The summed E-state index contributed by atoms with van der Waals surface area (Å²) in [5, 5.41) is 14.5. The Morgan fingerprint density at radius 3 is 2.56 bits per heavy atom. The lowest BCUT2D eigenvalue weighted by Gasteiger charge is -2.38. The molecule has 0 saturated carbocycles. The Morgan fingerprint density at radius 2 is 2.00 bits per heavy atom. The number of carbonyl (C=O) groups is 2. The standard InChI is InChI=1S/C18H25N5OS.C2HF3O2/c1-14-20-16(12-25-14)11-23-7-5-18(17(23)24)4-3-6-22(13-18)10-15-8-19-21(2)9-15;3-2(4,5)1(6)7/h8-9,12H,3-7,10-11,13H2,1-2H3;(H,6,7). The number of aromatic nitrogens is 3. The lowest BCUT2D eigenvalue weighted by atomic mass is 9.78. The molecule has 12 heteroatoms. The van der Waals surface area contributed by atoms with Gasteiger partial charge in [-0.05, 0) is 32.7 Å². The molecule has 8 nitrogen and oxygen atoms in total. The molecule has 1 atom stereocenters. The molecule has 0 radical (unpaired) electrons. The number of carboxylic acids is 1. The molecule has 1 spiro atoms. The van der Waals surface area contributed by atoms with E-state index in [4.69, 9.17) is 9.90 Å². The number of rotatable bonds is 4. The van der Waals surface area contributed by atoms with Gasteiger partial charge >= 0.3 is 12.1 Å². The number of hydrogen-bond acceptors (Lipinski definition) is 6. The lowest BCUT2D eigenvalue weighted by Crippen LogP contribution is -2.47. The molecule has 4 rings (SSSR count). The van der Waals surface area contributed by atoms with E-state index in [1.807, 2.05) is 29.7 Å². The van der Waals surface area contributed by atoms with Gasteiger partial charge in [-0.25, -0.2) is 9.78 Å². The zero-order chi connectivity index (χ0) is 23.5. The molecule has 4 heterocycles. The molecule has 1 unspecified atom stereocenters. The Morgan fingerprint density at radius 1 is 1.28 bits per heavy atom. The molecule has 1 amide bonds. The van der Waals surface area contributed by atoms with Crippen LogP contribution in [0.4, 0.5) is 13.2 Å². The highest BCUT2D eigenvalue weighted by molar-refractivity contribution is 7.09. The van der Waals surface area contributed by atoms with Crippen LogP contribution in [0.2, 0.25) is 0 Å². The minimum absolute atomic E-state index is 0.189. The Hall–Kier alpha value is -2.47. The second-order valence-corrected chi connectivity index (χ2v) is 9.32. The second-order valence-electron chi connectivity index (χ2n) is 8.25. The third-order valence-electron chi connectivity index (χ3n) is 5.68. The fraction of sp³-hybridized carbons (Fsp3) is 0.600. The minimum atomic E-state index is -5.08. The summed E-state index contributed by atoms with van der Waals surface area (Å²) in [5.41, 5.74) is 2.06. The van der Waals surface area contributed by atoms with E-state index in [0.717, 1.165) is 56.1 Å². The lowest BCUT2D eigenvalue weighted by molar-refractivity contribution is -0.192. The number of carboxylic acid groups (broad SMARTS) is 1. The maximum absolute atomic E-state index is 13.2. The SMILES string of the molecule is Cc1nc(CN2CCC3(CCCN(Cc4cnn(C)c4)C3)C2=O)cs1.O=C(O)C(F)(F)F. The molecule has 2 aromatic heterocycles. The van der Waals surface area contributed by atoms with Gasteiger partial charge in [0.2, 0.25) is 5.91 Å². The number of hydrogen-bond donors (Lipinski definition) is 1. The van der Waals surface area contributed by atoms with Gasteiger partial charge in [-0.15, -0.1) is 11.3 Å². The van der Waals surface area contributed by atoms with Gasteiger partial charge in [-0.1, -0.05) is 0 Å². The van der Waals surface area contributed by atoms with E-state index in [1.54, 1.807) is 11.3 Å². The van der Waals surface area contributed by atoms with E-state index >= 15 is 0 Å². The quantitative estimate of drug-likeness (QED) is 0.734. The summed E-state index contributed by atoms with van der Waals surface area (Å²) in [5.74, 6) is -2.43. The number of piperidine rings is 1. The molecule has 2 saturated heterocycles. The maximum atomic E-state index is 13.2. The van der Waals surface area contributed by atoms with Gasteiger partial charge in [-0.2, -0.15) is 18.3 Å². The third-order valence-corrected chi connectivity index (χ3v) is 6.51. The van der Waals surface area contributed by atoms with Crippen molar-refractivity contribution in [3.8, 4) is 0 Å². The number of carbonyl (C=O) groups excluding carboxylic acids is 1. The summed E-state index contributed by atoms with van der Waals surface area (Å²) in [4.78, 5) is 31.0. The average molecular weight is 474 g/mol. The topological polar surface area (TPSA) is 91.6 Å². The zero-order valence-corrected chi connectivity index (χ0v) is 18.7. The summed E-state index contributed by atoms with van der Waals surface area (Å²) in [7, 11) is 1.94. The summed E-state index contributed by atoms with van der Waals surface area (Å²) in [6.07, 6.45) is 1.99. The molecule has 2 aliphatic heterocycles. The maximum Gasteiger partial charge on any atom is 0.490 e. The number of likely N-dealkylation sites (tertiary alicyclic amines) is 2. The molecule has 0 aliphatic carbocycles. The average Bonchev–Trinajstić information content (AvgIpc) is 3.38. The monoisotopic (exact) mass is 473 g/mol. The summed E-state index contributed by atoms with van der Waals surface area (Å²) in [6, 6.07) is 0. The minimum Gasteiger partial charge on any atom is -0.475 e. The highest BCUT2D eigenvalue weighted by Crippen LogP contribution is 2.41.